The summed E-state index contributed by atoms with van der Waals surface area (Å²) >= 11 is 0. The summed E-state index contributed by atoms with van der Waals surface area (Å²) in [6.45, 7) is 0. The van der Waals surface area contributed by atoms with Crippen molar-refractivity contribution in [2.45, 2.75) is 11.0 Å². The minimum Gasteiger partial charge on any atom is -0.446 e. The van der Waals surface area contributed by atoms with E-state index in [1.54, 1.807) is 37.4 Å². The number of benzene rings is 10. The average Bonchev–Trinajstić information content (AvgIpc) is 4.36. The predicted octanol–water partition coefficient (Wildman–Crippen LogP) is 14.0. The van der Waals surface area contributed by atoms with Gasteiger partial charge in [0.1, 0.15) is 22.9 Å². The highest BCUT2D eigenvalue weighted by molar-refractivity contribution is 6.24. The number of oxazole rings is 1. The van der Waals surface area contributed by atoms with Gasteiger partial charge in [-0.1, -0.05) is 164 Å². The van der Waals surface area contributed by atoms with E-state index >= 15 is 0 Å². The van der Waals surface area contributed by atoms with Crippen LogP contribution >= 0.6 is 0 Å². The normalized spacial score (nSPS) is 17.1. The molecule has 10 aromatic carbocycles. The summed E-state index contributed by atoms with van der Waals surface area (Å²) in [7, 11) is 0. The van der Waals surface area contributed by atoms with Crippen LogP contribution in [0.4, 0.5) is 11.4 Å². The van der Waals surface area contributed by atoms with Crippen LogP contribution in [0.25, 0.3) is 87.1 Å². The molecule has 362 valence electrons. The zero-order valence-corrected chi connectivity index (χ0v) is 40.9. The Morgan fingerprint density at radius 2 is 1.22 bits per heavy atom. The average molecular weight is 992 g/mol. The van der Waals surface area contributed by atoms with Gasteiger partial charge in [0.25, 0.3) is 0 Å². The molecule has 0 fully saturated rings. The Balaban J connectivity index is 1.26. The van der Waals surface area contributed by atoms with E-state index in [4.69, 9.17) is 39.4 Å². The maximum atomic E-state index is 7.28. The highest BCUT2D eigenvalue weighted by Gasteiger charge is 2.71. The van der Waals surface area contributed by atoms with Gasteiger partial charge >= 0.3 is 0 Å². The molecule has 6 heterocycles. The van der Waals surface area contributed by atoms with Crippen molar-refractivity contribution in [1.29, 1.82) is 0 Å². The third-order valence-electron chi connectivity index (χ3n) is 15.8. The summed E-state index contributed by atoms with van der Waals surface area (Å²) in [6, 6.07) is 67.2. The van der Waals surface area contributed by atoms with Gasteiger partial charge in [-0.05, 0) is 94.6 Å². The lowest BCUT2D eigenvalue weighted by molar-refractivity contribution is 0.273. The second kappa shape index (κ2) is 16.5. The molecule has 1 aliphatic heterocycles. The van der Waals surface area contributed by atoms with Gasteiger partial charge in [-0.2, -0.15) is 5.10 Å². The molecule has 2 atom stereocenters. The number of anilines is 2. The van der Waals surface area contributed by atoms with Gasteiger partial charge < -0.3 is 9.40 Å². The van der Waals surface area contributed by atoms with Crippen molar-refractivity contribution in [3.05, 3.63) is 272 Å². The molecule has 0 radical (unpaired) electrons. The monoisotopic (exact) mass is 991 g/mol. The topological polar surface area (TPSA) is 141 Å². The van der Waals surface area contributed by atoms with Gasteiger partial charge in [0.05, 0.1) is 47.7 Å². The summed E-state index contributed by atoms with van der Waals surface area (Å²) in [5.74, 6) is 0.757. The molecule has 0 aliphatic carbocycles. The lowest BCUT2D eigenvalue weighted by atomic mass is 9.52. The van der Waals surface area contributed by atoms with Gasteiger partial charge in [0, 0.05) is 29.5 Å². The number of aromatic amines is 2. The molecule has 2 unspecified atom stereocenters. The van der Waals surface area contributed by atoms with Crippen LogP contribution in [0.5, 0.6) is 0 Å². The van der Waals surface area contributed by atoms with Crippen LogP contribution in [0.15, 0.2) is 242 Å². The van der Waals surface area contributed by atoms with E-state index in [9.17, 15) is 0 Å². The largest absolute Gasteiger partial charge is 0.446 e. The smallest absolute Gasteiger partial charge is 0.228 e. The van der Waals surface area contributed by atoms with Crippen LogP contribution in [-0.2, 0) is 11.0 Å². The Morgan fingerprint density at radius 1 is 0.506 bits per heavy atom. The van der Waals surface area contributed by atoms with E-state index < -0.39 is 11.0 Å². The molecular weight excluding hydrogens is 951 g/mol. The Kier molecular flexibility index (Phi) is 9.16. The molecular formula is C65H41N11O. The summed E-state index contributed by atoms with van der Waals surface area (Å²) in [5.41, 5.74) is 3.76. The lowest BCUT2D eigenvalue weighted by Gasteiger charge is -2.62. The maximum Gasteiger partial charge on any atom is 0.228 e. The van der Waals surface area contributed by atoms with Crippen molar-refractivity contribution in [2.24, 2.45) is 0 Å². The van der Waals surface area contributed by atoms with Gasteiger partial charge in [-0.3, -0.25) is 20.1 Å². The summed E-state index contributed by atoms with van der Waals surface area (Å²) in [5, 5.41) is 26.4. The van der Waals surface area contributed by atoms with Crippen LogP contribution < -0.4 is 10.0 Å². The summed E-state index contributed by atoms with van der Waals surface area (Å²) in [6.07, 6.45) is 14.1. The number of nitrogens with zero attached hydrogens (tertiary/aromatic N) is 9. The second-order valence-corrected chi connectivity index (χ2v) is 19.5. The number of hydrazine groups is 1. The van der Waals surface area contributed by atoms with Gasteiger partial charge in [-0.25, -0.2) is 24.9 Å². The van der Waals surface area contributed by atoms with E-state index in [0.29, 0.717) is 45.5 Å². The highest BCUT2D eigenvalue weighted by Crippen LogP contribution is 2.68. The molecule has 5 aromatic heterocycles. The minimum absolute atomic E-state index is 0.376. The second-order valence-electron chi connectivity index (χ2n) is 19.5. The zero-order chi connectivity index (χ0) is 50.7. The number of imidazole rings is 1. The highest BCUT2D eigenvalue weighted by atomic mass is 16.3. The molecule has 0 saturated heterocycles. The Hall–Kier alpha value is -10.6. The first-order valence-electron chi connectivity index (χ1n) is 25.5. The third-order valence-corrected chi connectivity index (χ3v) is 15.8. The van der Waals surface area contributed by atoms with Crippen LogP contribution in [0.2, 0.25) is 0 Å². The standard InChI is InChI=1S/C65H41N11O/c1-2-16-45(17-3-1)75-60(62-69-38-54-61(73-62)71-39-70-54)59(53-37-66-33-34-67-53)64(56-31-32-72-74-56,51-21-9-13-40-11-5-7-19-47(40)51)65(63-68-35-36-77-63,76(75)55-22-10-20-48-46-18-6-4-12-41(46)25-28-49(48)55)52-30-27-44-24-23-42-14-8-15-43-26-29-50(52)58(44)57(42)43/h1-39H,(H,72,74)(H,69,70,71,73). The van der Waals surface area contributed by atoms with E-state index in [0.717, 1.165) is 87.1 Å². The van der Waals surface area contributed by atoms with Gasteiger partial charge in [0.15, 0.2) is 17.0 Å². The van der Waals surface area contributed by atoms with Crippen LogP contribution in [0, 0.1) is 0 Å². The molecule has 77 heavy (non-hydrogen) atoms. The number of H-pyrrole nitrogens is 2. The molecule has 2 N–H and O–H groups in total. The number of aromatic nitrogens is 9. The first-order valence-corrected chi connectivity index (χ1v) is 25.5. The fraction of sp³-hybridized carbons (Fsp3) is 0.0308. The number of fused-ring (bicyclic) bond motifs is 5. The van der Waals surface area contributed by atoms with Crippen molar-refractivity contribution >= 4 is 98.4 Å². The van der Waals surface area contributed by atoms with E-state index in [2.05, 4.69) is 202 Å². The van der Waals surface area contributed by atoms with Crippen LogP contribution in [-0.4, -0.2) is 45.1 Å². The quantitative estimate of drug-likeness (QED) is 0.141. The van der Waals surface area contributed by atoms with Gasteiger partial charge in [0.2, 0.25) is 5.89 Å². The Bertz CT molecular complexity index is 4770. The predicted molar refractivity (Wildman–Crippen MR) is 304 cm³/mol. The number of para-hydroxylation sites is 1. The molecule has 1 aliphatic rings. The Labute approximate surface area is 439 Å². The van der Waals surface area contributed by atoms with Gasteiger partial charge in [-0.15, -0.1) is 0 Å². The SMILES string of the molecule is c1ccc(N2C(c3ncc4[nH]cnc4n3)=C(c3cnccn3)C(c3cc[nH]n3)(c3cccc4ccccc34)C(c3ncco3)(c3ccc4ccc5cccc6ccc3c4c56)N2c2cccc3c2ccc2ccccc23)cc1. The number of hydrogen-bond acceptors (Lipinski definition) is 10. The summed E-state index contributed by atoms with van der Waals surface area (Å²) < 4.78 is 7.28. The molecule has 0 amide bonds. The first-order chi connectivity index (χ1) is 38.2. The molecule has 12 heteroatoms. The molecule has 15 aromatic rings. The van der Waals surface area contributed by atoms with Crippen molar-refractivity contribution in [1.82, 2.24) is 45.1 Å². The number of rotatable bonds is 8. The van der Waals surface area contributed by atoms with Crippen molar-refractivity contribution < 1.29 is 4.42 Å². The number of hydrogen-bond donors (Lipinski definition) is 2. The van der Waals surface area contributed by atoms with E-state index in [1.165, 1.54) is 0 Å². The van der Waals surface area contributed by atoms with Crippen molar-refractivity contribution in [2.75, 3.05) is 10.0 Å². The fourth-order valence-corrected chi connectivity index (χ4v) is 12.9. The lowest BCUT2D eigenvalue weighted by Crippen LogP contribution is -2.70. The molecule has 16 rings (SSSR count). The van der Waals surface area contributed by atoms with Crippen LogP contribution in [0.1, 0.15) is 34.2 Å². The minimum atomic E-state index is -1.67. The van der Waals surface area contributed by atoms with Crippen molar-refractivity contribution in [3.8, 4) is 0 Å². The third kappa shape index (κ3) is 5.88. The molecule has 12 nitrogen and oxygen atoms in total. The molecule has 0 spiro atoms. The van der Waals surface area contributed by atoms with Crippen molar-refractivity contribution in [3.63, 3.8) is 0 Å². The number of nitrogens with one attached hydrogen (secondary N) is 2. The van der Waals surface area contributed by atoms with E-state index in [1.807, 2.05) is 18.5 Å². The zero-order valence-electron chi connectivity index (χ0n) is 40.9. The maximum absolute atomic E-state index is 7.28. The van der Waals surface area contributed by atoms with Crippen LogP contribution in [0.3, 0.4) is 0 Å². The molecule has 0 saturated carbocycles. The van der Waals surface area contributed by atoms with E-state index in [-0.39, 0.29) is 0 Å². The Morgan fingerprint density at radius 3 is 2.04 bits per heavy atom. The molecule has 0 bridgehead atoms. The first kappa shape index (κ1) is 42.9. The summed E-state index contributed by atoms with van der Waals surface area (Å²) in [4.78, 5) is 34.6. The fourth-order valence-electron chi connectivity index (χ4n) is 12.9.